The number of hydrogen-bond acceptors (Lipinski definition) is 5. The Hall–Kier alpha value is -2.50. The van der Waals surface area contributed by atoms with Crippen molar-refractivity contribution in [3.63, 3.8) is 0 Å². The van der Waals surface area contributed by atoms with Crippen LogP contribution in [0.2, 0.25) is 0 Å². The van der Waals surface area contributed by atoms with Crippen molar-refractivity contribution < 1.29 is 14.4 Å². The van der Waals surface area contributed by atoms with E-state index < -0.39 is 5.97 Å². The normalized spacial score (nSPS) is 11.0. The fourth-order valence-corrected chi connectivity index (χ4v) is 1.47. The second-order valence-corrected chi connectivity index (χ2v) is 3.70. The average molecular weight is 245 g/mol. The van der Waals surface area contributed by atoms with Gasteiger partial charge >= 0.3 is 5.97 Å². The van der Waals surface area contributed by atoms with Crippen LogP contribution in [-0.2, 0) is 0 Å². The van der Waals surface area contributed by atoms with Crippen LogP contribution in [0.25, 0.3) is 0 Å². The molecule has 0 aliphatic carbocycles. The third-order valence-corrected chi connectivity index (χ3v) is 2.39. The van der Waals surface area contributed by atoms with E-state index in [0.717, 1.165) is 0 Å². The Bertz CT molecular complexity index is 597. The number of azo groups is 1. The van der Waals surface area contributed by atoms with Crippen LogP contribution in [-0.4, -0.2) is 16.2 Å². The Morgan fingerprint density at radius 2 is 2.00 bits per heavy atom. The Balaban J connectivity index is 2.38. The maximum atomic E-state index is 11.0. The number of hydrogen-bond donors (Lipinski definition) is 1. The number of carboxylic acids is 1. The number of aromatic nitrogens is 1. The van der Waals surface area contributed by atoms with Gasteiger partial charge < -0.3 is 9.63 Å². The quantitative estimate of drug-likeness (QED) is 0.839. The van der Waals surface area contributed by atoms with Gasteiger partial charge in [-0.1, -0.05) is 17.3 Å². The monoisotopic (exact) mass is 245 g/mol. The molecule has 1 heterocycles. The van der Waals surface area contributed by atoms with Crippen LogP contribution in [0.3, 0.4) is 0 Å². The van der Waals surface area contributed by atoms with Crippen molar-refractivity contribution in [1.82, 2.24) is 5.16 Å². The summed E-state index contributed by atoms with van der Waals surface area (Å²) in [6, 6.07) is 6.40. The van der Waals surface area contributed by atoms with Gasteiger partial charge in [-0.15, -0.1) is 10.2 Å². The van der Waals surface area contributed by atoms with Crippen molar-refractivity contribution >= 4 is 17.3 Å². The highest BCUT2D eigenvalue weighted by atomic mass is 16.5. The molecule has 18 heavy (non-hydrogen) atoms. The van der Waals surface area contributed by atoms with E-state index in [2.05, 4.69) is 15.4 Å². The van der Waals surface area contributed by atoms with Crippen molar-refractivity contribution in [1.29, 1.82) is 0 Å². The highest BCUT2D eigenvalue weighted by molar-refractivity contribution is 5.93. The number of carboxylic acid groups (broad SMARTS) is 1. The predicted octanol–water partition coefficient (Wildman–Crippen LogP) is 3.41. The molecule has 0 saturated carbocycles. The lowest BCUT2D eigenvalue weighted by Crippen LogP contribution is -1.95. The molecule has 0 aliphatic rings. The maximum absolute atomic E-state index is 11.0. The smallest absolute Gasteiger partial charge is 0.337 e. The van der Waals surface area contributed by atoms with Crippen LogP contribution in [0.1, 0.15) is 21.8 Å². The van der Waals surface area contributed by atoms with Gasteiger partial charge in [-0.2, -0.15) is 0 Å². The zero-order chi connectivity index (χ0) is 13.1. The van der Waals surface area contributed by atoms with E-state index in [0.29, 0.717) is 22.8 Å². The topological polar surface area (TPSA) is 88.0 Å². The number of carbonyl (C=O) groups is 1. The fourth-order valence-electron chi connectivity index (χ4n) is 1.47. The summed E-state index contributed by atoms with van der Waals surface area (Å²) < 4.78 is 4.94. The molecule has 92 valence electrons. The van der Waals surface area contributed by atoms with E-state index in [1.165, 1.54) is 6.07 Å². The molecular formula is C12H11N3O3. The molecule has 0 bridgehead atoms. The molecular weight excluding hydrogens is 234 g/mol. The number of nitrogens with zero attached hydrogens (tertiary/aromatic N) is 3. The van der Waals surface area contributed by atoms with Crippen LogP contribution in [0.4, 0.5) is 11.4 Å². The molecule has 1 aromatic carbocycles. The first kappa shape index (κ1) is 12.0. The summed E-state index contributed by atoms with van der Waals surface area (Å²) >= 11 is 0. The summed E-state index contributed by atoms with van der Waals surface area (Å²) in [6.07, 6.45) is 0. The van der Waals surface area contributed by atoms with Gasteiger partial charge in [0.15, 0.2) is 11.4 Å². The van der Waals surface area contributed by atoms with E-state index in [1.807, 2.05) is 0 Å². The molecule has 0 spiro atoms. The standard InChI is InChI=1S/C12H11N3O3/c1-7-11(8(2)18-15-7)14-13-10-6-4-3-5-9(10)12(16)17/h3-6H,1-2H3,(H,16,17). The van der Waals surface area contributed by atoms with E-state index in [-0.39, 0.29) is 5.56 Å². The molecule has 0 unspecified atom stereocenters. The zero-order valence-corrected chi connectivity index (χ0v) is 9.91. The minimum Gasteiger partial charge on any atom is -0.478 e. The second-order valence-electron chi connectivity index (χ2n) is 3.70. The molecule has 2 rings (SSSR count). The minimum atomic E-state index is -1.04. The molecule has 2 aromatic rings. The average Bonchev–Trinajstić information content (AvgIpc) is 2.67. The lowest BCUT2D eigenvalue weighted by molar-refractivity contribution is 0.0698. The number of aryl methyl sites for hydroxylation is 2. The summed E-state index contributed by atoms with van der Waals surface area (Å²) in [5.74, 6) is -0.493. The third-order valence-electron chi connectivity index (χ3n) is 2.39. The van der Waals surface area contributed by atoms with E-state index in [9.17, 15) is 4.79 Å². The number of aromatic carboxylic acids is 1. The van der Waals surface area contributed by atoms with Crippen molar-refractivity contribution in [2.45, 2.75) is 13.8 Å². The molecule has 6 nitrogen and oxygen atoms in total. The fraction of sp³-hybridized carbons (Fsp3) is 0.167. The Kier molecular flexibility index (Phi) is 3.18. The summed E-state index contributed by atoms with van der Waals surface area (Å²) in [7, 11) is 0. The van der Waals surface area contributed by atoms with Gasteiger partial charge in [-0.3, -0.25) is 0 Å². The first-order valence-corrected chi connectivity index (χ1v) is 5.26. The molecule has 1 N–H and O–H groups in total. The first-order chi connectivity index (χ1) is 8.59. The van der Waals surface area contributed by atoms with E-state index in [4.69, 9.17) is 9.63 Å². The lowest BCUT2D eigenvalue weighted by atomic mass is 10.2. The first-order valence-electron chi connectivity index (χ1n) is 5.26. The molecule has 0 aliphatic heterocycles. The number of rotatable bonds is 3. The largest absolute Gasteiger partial charge is 0.478 e. The van der Waals surface area contributed by atoms with Crippen molar-refractivity contribution in [3.05, 3.63) is 41.3 Å². The molecule has 0 radical (unpaired) electrons. The van der Waals surface area contributed by atoms with Crippen molar-refractivity contribution in [2.24, 2.45) is 10.2 Å². The van der Waals surface area contributed by atoms with E-state index >= 15 is 0 Å². The van der Waals surface area contributed by atoms with Crippen LogP contribution < -0.4 is 0 Å². The van der Waals surface area contributed by atoms with Gasteiger partial charge in [-0.05, 0) is 26.0 Å². The third kappa shape index (κ3) is 2.27. The number of benzene rings is 1. The summed E-state index contributed by atoms with van der Waals surface area (Å²) in [4.78, 5) is 11.0. The van der Waals surface area contributed by atoms with Crippen LogP contribution in [0.15, 0.2) is 39.0 Å². The van der Waals surface area contributed by atoms with Crippen LogP contribution in [0, 0.1) is 13.8 Å². The molecule has 0 amide bonds. The predicted molar refractivity (Wildman–Crippen MR) is 63.6 cm³/mol. The Labute approximate surface area is 103 Å². The van der Waals surface area contributed by atoms with Crippen molar-refractivity contribution in [3.8, 4) is 0 Å². The lowest BCUT2D eigenvalue weighted by Gasteiger charge is -1.98. The Morgan fingerprint density at radius 1 is 1.28 bits per heavy atom. The van der Waals surface area contributed by atoms with Gasteiger partial charge in [0.05, 0.1) is 5.56 Å². The van der Waals surface area contributed by atoms with Crippen LogP contribution in [0.5, 0.6) is 0 Å². The van der Waals surface area contributed by atoms with Crippen LogP contribution >= 0.6 is 0 Å². The second kappa shape index (κ2) is 4.79. The maximum Gasteiger partial charge on any atom is 0.337 e. The van der Waals surface area contributed by atoms with E-state index in [1.54, 1.807) is 32.0 Å². The SMILES string of the molecule is Cc1noc(C)c1N=Nc1ccccc1C(=O)O. The highest BCUT2D eigenvalue weighted by Gasteiger charge is 2.10. The molecule has 6 heteroatoms. The molecule has 0 saturated heterocycles. The van der Waals surface area contributed by atoms with Gasteiger partial charge in [0, 0.05) is 0 Å². The van der Waals surface area contributed by atoms with Gasteiger partial charge in [-0.25, -0.2) is 4.79 Å². The van der Waals surface area contributed by atoms with Crippen molar-refractivity contribution in [2.75, 3.05) is 0 Å². The van der Waals surface area contributed by atoms with Gasteiger partial charge in [0.1, 0.15) is 11.4 Å². The zero-order valence-electron chi connectivity index (χ0n) is 9.91. The van der Waals surface area contributed by atoms with Gasteiger partial charge in [0.2, 0.25) is 0 Å². The minimum absolute atomic E-state index is 0.105. The molecule has 0 atom stereocenters. The molecule has 1 aromatic heterocycles. The highest BCUT2D eigenvalue weighted by Crippen LogP contribution is 2.26. The Morgan fingerprint density at radius 3 is 2.61 bits per heavy atom. The summed E-state index contributed by atoms with van der Waals surface area (Å²) in [5.41, 5.74) is 1.54. The summed E-state index contributed by atoms with van der Waals surface area (Å²) in [5, 5.41) is 20.7. The summed E-state index contributed by atoms with van der Waals surface area (Å²) in [6.45, 7) is 3.46. The van der Waals surface area contributed by atoms with Gasteiger partial charge in [0.25, 0.3) is 0 Å². The molecule has 0 fully saturated rings.